The average molecular weight is 212 g/mol. The van der Waals surface area contributed by atoms with Crippen molar-refractivity contribution in [3.63, 3.8) is 0 Å². The van der Waals surface area contributed by atoms with Gasteiger partial charge in [0.2, 0.25) is 0 Å². The Balaban J connectivity index is 2.65. The van der Waals surface area contributed by atoms with Gasteiger partial charge in [-0.25, -0.2) is 0 Å². The third kappa shape index (κ3) is 2.80. The van der Waals surface area contributed by atoms with Crippen molar-refractivity contribution in [2.45, 2.75) is 40.5 Å². The van der Waals surface area contributed by atoms with Gasteiger partial charge in [0.05, 0.1) is 6.61 Å². The first-order valence-corrected chi connectivity index (χ1v) is 5.55. The summed E-state index contributed by atoms with van der Waals surface area (Å²) in [4.78, 5) is 23.1. The zero-order valence-electron chi connectivity index (χ0n) is 10.0. The van der Waals surface area contributed by atoms with Crippen molar-refractivity contribution >= 4 is 11.8 Å². The van der Waals surface area contributed by atoms with E-state index in [1.807, 2.05) is 0 Å². The first kappa shape index (κ1) is 12.2. The van der Waals surface area contributed by atoms with Crippen molar-refractivity contribution < 1.29 is 14.3 Å². The molecule has 2 atom stereocenters. The highest BCUT2D eigenvalue weighted by atomic mass is 16.5. The maximum atomic E-state index is 11.6. The molecule has 0 unspecified atom stereocenters. The average Bonchev–Trinajstić information content (AvgIpc) is 2.47. The summed E-state index contributed by atoms with van der Waals surface area (Å²) >= 11 is 0. The summed E-state index contributed by atoms with van der Waals surface area (Å²) in [6, 6.07) is 0. The van der Waals surface area contributed by atoms with Crippen LogP contribution in [0.1, 0.15) is 40.5 Å². The molecule has 0 N–H and O–H groups in total. The molecule has 0 heterocycles. The molecule has 0 spiro atoms. The fraction of sp³-hybridized carbons (Fsp3) is 0.833. The summed E-state index contributed by atoms with van der Waals surface area (Å²) in [6.45, 7) is 8.44. The molecule has 0 aromatic heterocycles. The van der Waals surface area contributed by atoms with E-state index >= 15 is 0 Å². The third-order valence-corrected chi connectivity index (χ3v) is 3.15. The van der Waals surface area contributed by atoms with Crippen LogP contribution in [0, 0.1) is 17.3 Å². The molecule has 3 nitrogen and oxygen atoms in total. The molecular weight excluding hydrogens is 192 g/mol. The van der Waals surface area contributed by atoms with Gasteiger partial charge in [-0.1, -0.05) is 20.8 Å². The second-order valence-corrected chi connectivity index (χ2v) is 5.27. The van der Waals surface area contributed by atoms with Gasteiger partial charge in [-0.2, -0.15) is 0 Å². The standard InChI is InChI=1S/C12H20O3/c1-5-15-11(14)9-6-8(7-10(9)13)12(2,3)4/h8-9H,5-7H2,1-4H3/t8-,9+/m1/s1. The fourth-order valence-electron chi connectivity index (χ4n) is 2.01. The molecule has 1 rings (SSSR count). The Morgan fingerprint density at radius 3 is 2.47 bits per heavy atom. The van der Waals surface area contributed by atoms with Gasteiger partial charge in [0.25, 0.3) is 0 Å². The molecule has 0 saturated heterocycles. The van der Waals surface area contributed by atoms with Crippen LogP contribution in [0.4, 0.5) is 0 Å². The van der Waals surface area contributed by atoms with Crippen molar-refractivity contribution in [1.82, 2.24) is 0 Å². The van der Waals surface area contributed by atoms with Crippen LogP contribution in [0.25, 0.3) is 0 Å². The van der Waals surface area contributed by atoms with Crippen molar-refractivity contribution in [3.05, 3.63) is 0 Å². The van der Waals surface area contributed by atoms with Crippen LogP contribution in [0.3, 0.4) is 0 Å². The van der Waals surface area contributed by atoms with E-state index in [1.54, 1.807) is 6.92 Å². The van der Waals surface area contributed by atoms with Crippen LogP contribution in [-0.2, 0) is 14.3 Å². The normalized spacial score (nSPS) is 26.8. The van der Waals surface area contributed by atoms with Crippen molar-refractivity contribution in [3.8, 4) is 0 Å². The summed E-state index contributed by atoms with van der Waals surface area (Å²) in [6.07, 6.45) is 1.17. The van der Waals surface area contributed by atoms with E-state index < -0.39 is 5.92 Å². The Hall–Kier alpha value is -0.860. The molecule has 0 amide bonds. The minimum absolute atomic E-state index is 0.0494. The highest BCUT2D eigenvalue weighted by molar-refractivity contribution is 6.00. The van der Waals surface area contributed by atoms with Crippen LogP contribution >= 0.6 is 0 Å². The van der Waals surface area contributed by atoms with E-state index in [9.17, 15) is 9.59 Å². The van der Waals surface area contributed by atoms with Gasteiger partial charge < -0.3 is 4.74 Å². The Morgan fingerprint density at radius 2 is 2.07 bits per heavy atom. The molecule has 0 aliphatic heterocycles. The van der Waals surface area contributed by atoms with Crippen LogP contribution < -0.4 is 0 Å². The smallest absolute Gasteiger partial charge is 0.316 e. The van der Waals surface area contributed by atoms with Crippen LogP contribution in [0.5, 0.6) is 0 Å². The minimum atomic E-state index is -0.505. The molecule has 1 aliphatic rings. The molecule has 0 bridgehead atoms. The van der Waals surface area contributed by atoms with Gasteiger partial charge in [0, 0.05) is 6.42 Å². The number of hydrogen-bond donors (Lipinski definition) is 0. The number of hydrogen-bond acceptors (Lipinski definition) is 3. The van der Waals surface area contributed by atoms with Crippen LogP contribution in [0.15, 0.2) is 0 Å². The zero-order chi connectivity index (χ0) is 11.6. The Morgan fingerprint density at radius 1 is 1.47 bits per heavy atom. The Labute approximate surface area is 91.2 Å². The predicted octanol–water partition coefficient (Wildman–Crippen LogP) is 2.19. The summed E-state index contributed by atoms with van der Waals surface area (Å²) in [5, 5.41) is 0. The van der Waals surface area contributed by atoms with E-state index in [4.69, 9.17) is 4.74 Å². The molecule has 0 aromatic rings. The van der Waals surface area contributed by atoms with Crippen molar-refractivity contribution in [2.24, 2.45) is 17.3 Å². The highest BCUT2D eigenvalue weighted by Crippen LogP contribution is 2.40. The lowest BCUT2D eigenvalue weighted by Gasteiger charge is -2.25. The van der Waals surface area contributed by atoms with E-state index in [0.717, 1.165) is 0 Å². The number of ketones is 1. The van der Waals surface area contributed by atoms with E-state index in [1.165, 1.54) is 0 Å². The first-order chi connectivity index (χ1) is 6.86. The lowest BCUT2D eigenvalue weighted by molar-refractivity contribution is -0.150. The number of esters is 1. The highest BCUT2D eigenvalue weighted by Gasteiger charge is 2.42. The second kappa shape index (κ2) is 4.33. The summed E-state index contributed by atoms with van der Waals surface area (Å²) in [5.74, 6) is -0.490. The number of rotatable bonds is 2. The van der Waals surface area contributed by atoms with Gasteiger partial charge in [-0.3, -0.25) is 9.59 Å². The maximum absolute atomic E-state index is 11.6. The number of carbonyl (C=O) groups excluding carboxylic acids is 2. The molecule has 0 aromatic carbocycles. The van der Waals surface area contributed by atoms with Crippen LogP contribution in [-0.4, -0.2) is 18.4 Å². The van der Waals surface area contributed by atoms with Gasteiger partial charge in [0.15, 0.2) is 0 Å². The van der Waals surface area contributed by atoms with Gasteiger partial charge >= 0.3 is 5.97 Å². The van der Waals surface area contributed by atoms with E-state index in [0.29, 0.717) is 25.4 Å². The minimum Gasteiger partial charge on any atom is -0.465 e. The largest absolute Gasteiger partial charge is 0.465 e. The summed E-state index contributed by atoms with van der Waals surface area (Å²) in [7, 11) is 0. The van der Waals surface area contributed by atoms with Crippen molar-refractivity contribution in [1.29, 1.82) is 0 Å². The Bertz CT molecular complexity index is 263. The Kier molecular flexibility index (Phi) is 3.53. The molecule has 86 valence electrons. The quantitative estimate of drug-likeness (QED) is 0.520. The summed E-state index contributed by atoms with van der Waals surface area (Å²) < 4.78 is 4.90. The number of Topliss-reactive ketones (excluding diaryl/α,β-unsaturated/α-hetero) is 1. The number of ether oxygens (including phenoxy) is 1. The first-order valence-electron chi connectivity index (χ1n) is 5.55. The van der Waals surface area contributed by atoms with Gasteiger partial charge in [0.1, 0.15) is 11.7 Å². The summed E-state index contributed by atoms with van der Waals surface area (Å²) in [5.41, 5.74) is 0.0942. The molecule has 0 radical (unpaired) electrons. The molecular formula is C12H20O3. The second-order valence-electron chi connectivity index (χ2n) is 5.27. The van der Waals surface area contributed by atoms with Gasteiger partial charge in [-0.15, -0.1) is 0 Å². The molecule has 15 heavy (non-hydrogen) atoms. The topological polar surface area (TPSA) is 43.4 Å². The fourth-order valence-corrected chi connectivity index (χ4v) is 2.01. The lowest BCUT2D eigenvalue weighted by Crippen LogP contribution is -2.22. The van der Waals surface area contributed by atoms with Crippen LogP contribution in [0.2, 0.25) is 0 Å². The maximum Gasteiger partial charge on any atom is 0.316 e. The SMILES string of the molecule is CCOC(=O)[C@H]1C[C@@H](C(C)(C)C)CC1=O. The monoisotopic (exact) mass is 212 g/mol. The molecule has 1 fully saturated rings. The zero-order valence-corrected chi connectivity index (χ0v) is 10.0. The third-order valence-electron chi connectivity index (χ3n) is 3.15. The lowest BCUT2D eigenvalue weighted by atomic mass is 9.79. The molecule has 3 heteroatoms. The predicted molar refractivity (Wildman–Crippen MR) is 57.3 cm³/mol. The van der Waals surface area contributed by atoms with E-state index in [2.05, 4.69) is 20.8 Å². The van der Waals surface area contributed by atoms with Gasteiger partial charge in [-0.05, 0) is 24.7 Å². The molecule has 1 saturated carbocycles. The van der Waals surface area contributed by atoms with E-state index in [-0.39, 0.29) is 17.2 Å². The van der Waals surface area contributed by atoms with Crippen molar-refractivity contribution in [2.75, 3.05) is 6.61 Å². The molecule has 1 aliphatic carbocycles. The number of carbonyl (C=O) groups is 2.